The lowest BCUT2D eigenvalue weighted by Crippen LogP contribution is -2.03. The number of benzene rings is 7. The fourth-order valence-corrected chi connectivity index (χ4v) is 9.61. The van der Waals surface area contributed by atoms with Gasteiger partial charge in [-0.15, -0.1) is 11.3 Å². The zero-order valence-electron chi connectivity index (χ0n) is 30.5. The van der Waals surface area contributed by atoms with Gasteiger partial charge in [-0.25, -0.2) is 9.97 Å². The highest BCUT2D eigenvalue weighted by molar-refractivity contribution is 7.27. The van der Waals surface area contributed by atoms with E-state index in [1.54, 1.807) is 6.08 Å². The number of para-hydroxylation sites is 2. The summed E-state index contributed by atoms with van der Waals surface area (Å²) in [7, 11) is 0. The molecule has 0 aliphatic heterocycles. The van der Waals surface area contributed by atoms with Crippen LogP contribution in [0.25, 0.3) is 109 Å². The monoisotopic (exact) mass is 735 g/mol. The quantitative estimate of drug-likeness (QED) is 0.160. The van der Waals surface area contributed by atoms with E-state index >= 15 is 0 Å². The van der Waals surface area contributed by atoms with Gasteiger partial charge < -0.3 is 4.42 Å². The summed E-state index contributed by atoms with van der Waals surface area (Å²) in [5.41, 5.74) is 10.5. The molecule has 11 aromatic rings. The normalized spacial score (nSPS) is 12.5. The maximum absolute atomic E-state index is 6.71. The van der Waals surface area contributed by atoms with Gasteiger partial charge >= 0.3 is 0 Å². The number of aromatic nitrogens is 3. The molecule has 0 unspecified atom stereocenters. The van der Waals surface area contributed by atoms with E-state index in [0.717, 1.165) is 61.0 Å². The highest BCUT2D eigenvalue weighted by Crippen LogP contribution is 2.48. The number of nitrogens with zero attached hydrogens (tertiary/aromatic N) is 3. The van der Waals surface area contributed by atoms with Crippen LogP contribution in [-0.4, -0.2) is 14.5 Å². The van der Waals surface area contributed by atoms with E-state index in [2.05, 4.69) is 152 Å². The lowest BCUT2D eigenvalue weighted by molar-refractivity contribution is 0.666. The first kappa shape index (κ1) is 32.4. The van der Waals surface area contributed by atoms with Crippen LogP contribution in [0.4, 0.5) is 0 Å². The Bertz CT molecular complexity index is 3450. The topological polar surface area (TPSA) is 43.9 Å². The summed E-state index contributed by atoms with van der Waals surface area (Å²) in [5.74, 6) is 0.602. The minimum absolute atomic E-state index is 0.602. The molecule has 0 N–H and O–H groups in total. The van der Waals surface area contributed by atoms with Crippen molar-refractivity contribution in [1.82, 2.24) is 14.5 Å². The lowest BCUT2D eigenvalue weighted by atomic mass is 9.95. The summed E-state index contributed by atoms with van der Waals surface area (Å²) < 4.78 is 11.5. The van der Waals surface area contributed by atoms with Crippen LogP contribution < -0.4 is 0 Å². The summed E-state index contributed by atoms with van der Waals surface area (Å²) in [5, 5.41) is 8.26. The number of hydrogen-bond donors (Lipinski definition) is 0. The Morgan fingerprint density at radius 3 is 2.18 bits per heavy atom. The average molecular weight is 736 g/mol. The third kappa shape index (κ3) is 4.91. The Morgan fingerprint density at radius 1 is 0.643 bits per heavy atom. The van der Waals surface area contributed by atoms with Gasteiger partial charge in [0.25, 0.3) is 0 Å². The molecular weight excluding hydrogens is 703 g/mol. The molecule has 4 nitrogen and oxygen atoms in total. The SMILES string of the molecule is C=C/C=C\C=C(/C)c1cc(-c2ccccc2)cc(-c2nc(-n3c4ccccc4c4c5ccccc5c5sc6ccccc6c5c43)nc3c2oc2ccccc23)c1. The smallest absolute Gasteiger partial charge is 0.236 e. The molecule has 7 aromatic carbocycles. The van der Waals surface area contributed by atoms with Crippen molar-refractivity contribution < 1.29 is 4.42 Å². The standard InChI is InChI=1S/C51H33N3OS/c1-3-4-6-17-31(2)33-28-34(32-18-7-5-8-19-32)30-35(29-33)46-49-47(39-23-12-15-26-42(39)55-49)53-51(52-46)54-41-25-14-11-22-38(41)44-36-20-9-10-21-37(36)50-45(48(44)54)40-24-13-16-27-43(40)56-50/h3-30H,1H2,2H3/b6-4-,31-17+. The maximum Gasteiger partial charge on any atom is 0.236 e. The maximum atomic E-state index is 6.71. The van der Waals surface area contributed by atoms with Crippen molar-refractivity contribution in [2.45, 2.75) is 6.92 Å². The molecule has 4 aromatic heterocycles. The second-order valence-electron chi connectivity index (χ2n) is 14.2. The summed E-state index contributed by atoms with van der Waals surface area (Å²) in [4.78, 5) is 11.0. The van der Waals surface area contributed by atoms with Crippen molar-refractivity contribution >= 4 is 91.7 Å². The number of hydrogen-bond acceptors (Lipinski definition) is 4. The van der Waals surface area contributed by atoms with Gasteiger partial charge in [-0.2, -0.15) is 0 Å². The number of thiophene rings is 1. The number of allylic oxidation sites excluding steroid dienone is 5. The van der Waals surface area contributed by atoms with Crippen LogP contribution in [0.15, 0.2) is 181 Å². The average Bonchev–Trinajstić information content (AvgIpc) is 3.94. The largest absolute Gasteiger partial charge is 0.452 e. The molecular formula is C51H33N3OS. The molecule has 0 fully saturated rings. The molecule has 0 aliphatic carbocycles. The van der Waals surface area contributed by atoms with Crippen LogP contribution in [-0.2, 0) is 0 Å². The first-order valence-electron chi connectivity index (χ1n) is 18.8. The van der Waals surface area contributed by atoms with Gasteiger partial charge in [0.05, 0.1) is 11.0 Å². The Labute approximate surface area is 326 Å². The molecule has 0 saturated carbocycles. The predicted octanol–water partition coefficient (Wildman–Crippen LogP) is 14.5. The third-order valence-electron chi connectivity index (χ3n) is 10.9. The molecule has 0 radical (unpaired) electrons. The van der Waals surface area contributed by atoms with E-state index in [-0.39, 0.29) is 0 Å². The van der Waals surface area contributed by atoms with Crippen LogP contribution in [0.5, 0.6) is 0 Å². The van der Waals surface area contributed by atoms with E-state index < -0.39 is 0 Å². The van der Waals surface area contributed by atoms with Crippen molar-refractivity contribution in [3.8, 4) is 28.3 Å². The summed E-state index contributed by atoms with van der Waals surface area (Å²) in [6.07, 6.45) is 7.89. The highest BCUT2D eigenvalue weighted by Gasteiger charge is 2.25. The zero-order valence-corrected chi connectivity index (χ0v) is 31.3. The molecule has 0 amide bonds. The Morgan fingerprint density at radius 2 is 1.34 bits per heavy atom. The van der Waals surface area contributed by atoms with Crippen LogP contribution in [0, 0.1) is 0 Å². The second-order valence-corrected chi connectivity index (χ2v) is 15.3. The molecule has 0 saturated heterocycles. The van der Waals surface area contributed by atoms with Crippen LogP contribution in [0.1, 0.15) is 12.5 Å². The summed E-state index contributed by atoms with van der Waals surface area (Å²) in [6.45, 7) is 5.99. The molecule has 4 heterocycles. The van der Waals surface area contributed by atoms with Gasteiger partial charge in [0.15, 0.2) is 5.58 Å². The molecule has 0 bridgehead atoms. The van der Waals surface area contributed by atoms with E-state index in [0.29, 0.717) is 11.5 Å². The first-order chi connectivity index (χ1) is 27.7. The van der Waals surface area contributed by atoms with Gasteiger partial charge in [-0.3, -0.25) is 4.57 Å². The molecule has 56 heavy (non-hydrogen) atoms. The zero-order chi connectivity index (χ0) is 37.3. The predicted molar refractivity (Wildman–Crippen MR) is 238 cm³/mol. The Hall–Kier alpha value is -7.08. The molecule has 0 spiro atoms. The van der Waals surface area contributed by atoms with Gasteiger partial charge in [0.2, 0.25) is 5.95 Å². The third-order valence-corrected chi connectivity index (χ3v) is 12.1. The lowest BCUT2D eigenvalue weighted by Gasteiger charge is -2.13. The molecule has 11 rings (SSSR count). The van der Waals surface area contributed by atoms with Crippen molar-refractivity contribution in [1.29, 1.82) is 0 Å². The van der Waals surface area contributed by atoms with Crippen LogP contribution in [0.2, 0.25) is 0 Å². The van der Waals surface area contributed by atoms with Gasteiger partial charge in [-0.05, 0) is 77.0 Å². The Balaban J connectivity index is 1.30. The number of fused-ring (bicyclic) bond motifs is 13. The van der Waals surface area contributed by atoms with Gasteiger partial charge in [-0.1, -0.05) is 134 Å². The van der Waals surface area contributed by atoms with E-state index in [4.69, 9.17) is 14.4 Å². The van der Waals surface area contributed by atoms with Gasteiger partial charge in [0.1, 0.15) is 16.8 Å². The number of rotatable bonds is 6. The molecule has 264 valence electrons. The van der Waals surface area contributed by atoms with Crippen molar-refractivity contribution in [2.24, 2.45) is 0 Å². The minimum Gasteiger partial charge on any atom is -0.452 e. The van der Waals surface area contributed by atoms with Crippen molar-refractivity contribution in [3.05, 3.63) is 182 Å². The van der Waals surface area contributed by atoms with Crippen molar-refractivity contribution in [3.63, 3.8) is 0 Å². The summed E-state index contributed by atoms with van der Waals surface area (Å²) >= 11 is 1.85. The molecule has 0 aliphatic rings. The minimum atomic E-state index is 0.602. The van der Waals surface area contributed by atoms with Crippen molar-refractivity contribution in [2.75, 3.05) is 0 Å². The first-order valence-corrected chi connectivity index (χ1v) is 19.6. The Kier molecular flexibility index (Phi) is 7.37. The van der Waals surface area contributed by atoms with Crippen LogP contribution >= 0.6 is 11.3 Å². The number of furan rings is 1. The molecule has 0 atom stereocenters. The van der Waals surface area contributed by atoms with Crippen LogP contribution in [0.3, 0.4) is 0 Å². The van der Waals surface area contributed by atoms with E-state index in [9.17, 15) is 0 Å². The van der Waals surface area contributed by atoms with E-state index in [1.807, 2.05) is 41.7 Å². The fourth-order valence-electron chi connectivity index (χ4n) is 8.37. The fraction of sp³-hybridized carbons (Fsp3) is 0.0196. The molecule has 5 heteroatoms. The second kappa shape index (κ2) is 12.8. The summed E-state index contributed by atoms with van der Waals surface area (Å²) in [6, 6.07) is 51.6. The van der Waals surface area contributed by atoms with Gasteiger partial charge in [0, 0.05) is 47.3 Å². The van der Waals surface area contributed by atoms with E-state index in [1.165, 1.54) is 41.7 Å². The highest BCUT2D eigenvalue weighted by atomic mass is 32.1.